The summed E-state index contributed by atoms with van der Waals surface area (Å²) in [7, 11) is 14.0. The molecule has 5 saturated carbocycles. The molecule has 3 heterocycles. The van der Waals surface area contributed by atoms with Crippen molar-refractivity contribution in [2.24, 2.45) is 44.8 Å². The van der Waals surface area contributed by atoms with Crippen LogP contribution < -0.4 is 0 Å². The van der Waals surface area contributed by atoms with E-state index in [-0.39, 0.29) is 105 Å². The SMILES string of the molecule is CO[C@@H]1[C@@H](OC)[C@H](C)O[C@@H](O[C@H]2CC3[C@]4(CC[C@]5(C)C([C@@]6(C)CC[C@@H](C(C)(C)OC)O6)[C@@H](OC)C[C@@]35C)C[C@@]43CC[C@H](O[C@@H]4OC[C@@H](OC)[C@H](OC)[C@H]4OC)C(C)(C)C23)[C@@H]1OC. The predicted molar refractivity (Wildman–Crippen MR) is 231 cm³/mol. The fourth-order valence-corrected chi connectivity index (χ4v) is 16.6. The largest absolute Gasteiger partial charge is 0.381 e. The van der Waals surface area contributed by atoms with Crippen molar-refractivity contribution in [1.29, 1.82) is 0 Å². The Morgan fingerprint density at radius 1 is 0.581 bits per heavy atom. The van der Waals surface area contributed by atoms with Crippen LogP contribution in [0.15, 0.2) is 0 Å². The van der Waals surface area contributed by atoms with Gasteiger partial charge in [0.1, 0.15) is 36.6 Å². The summed E-state index contributed by atoms with van der Waals surface area (Å²) in [5, 5.41) is 0. The molecule has 8 fully saturated rings. The van der Waals surface area contributed by atoms with E-state index in [0.29, 0.717) is 12.5 Å². The first-order valence-electron chi connectivity index (χ1n) is 23.8. The summed E-state index contributed by atoms with van der Waals surface area (Å²) in [6.45, 7) is 19.2. The fraction of sp³-hybridized carbons (Fsp3) is 1.00. The Hall–Kier alpha value is -0.520. The van der Waals surface area contributed by atoms with Crippen molar-refractivity contribution < 1.29 is 61.6 Å². The van der Waals surface area contributed by atoms with Gasteiger partial charge < -0.3 is 61.6 Å². The topological polar surface area (TPSA) is 120 Å². The fourth-order valence-electron chi connectivity index (χ4n) is 16.6. The Balaban J connectivity index is 1.16. The van der Waals surface area contributed by atoms with Crippen LogP contribution in [0.3, 0.4) is 0 Å². The van der Waals surface area contributed by atoms with E-state index in [1.165, 1.54) is 12.8 Å². The van der Waals surface area contributed by atoms with E-state index in [9.17, 15) is 0 Å². The lowest BCUT2D eigenvalue weighted by Gasteiger charge is -2.65. The predicted octanol–water partition coefficient (Wildman–Crippen LogP) is 6.98. The van der Waals surface area contributed by atoms with Crippen molar-refractivity contribution in [2.75, 3.05) is 63.5 Å². The Bertz CT molecular complexity index is 1580. The summed E-state index contributed by atoms with van der Waals surface area (Å²) >= 11 is 0. The van der Waals surface area contributed by atoms with Crippen molar-refractivity contribution in [3.8, 4) is 0 Å². The van der Waals surface area contributed by atoms with Crippen LogP contribution >= 0.6 is 0 Å². The average Bonchev–Trinajstić information content (AvgIpc) is 3.59. The van der Waals surface area contributed by atoms with Gasteiger partial charge in [0.2, 0.25) is 0 Å². The van der Waals surface area contributed by atoms with E-state index in [1.807, 2.05) is 14.0 Å². The maximum atomic E-state index is 7.61. The summed E-state index contributed by atoms with van der Waals surface area (Å²) in [6.07, 6.45) is 5.56. The zero-order chi connectivity index (χ0) is 45.0. The Kier molecular flexibility index (Phi) is 13.1. The summed E-state index contributed by atoms with van der Waals surface area (Å²) in [6, 6.07) is 0. The third-order valence-electron chi connectivity index (χ3n) is 19.9. The van der Waals surface area contributed by atoms with Gasteiger partial charge >= 0.3 is 0 Å². The van der Waals surface area contributed by atoms with Crippen LogP contribution in [-0.2, 0) is 61.6 Å². The lowest BCUT2D eigenvalue weighted by molar-refractivity contribution is -0.342. The summed E-state index contributed by atoms with van der Waals surface area (Å²) < 4.78 is 83.9. The van der Waals surface area contributed by atoms with Gasteiger partial charge in [0.15, 0.2) is 12.6 Å². The molecule has 21 atom stereocenters. The molecular weight excluding hydrogens is 797 g/mol. The Labute approximate surface area is 373 Å². The zero-order valence-electron chi connectivity index (χ0n) is 41.1. The van der Waals surface area contributed by atoms with Crippen molar-refractivity contribution in [2.45, 2.75) is 204 Å². The lowest BCUT2D eigenvalue weighted by Crippen LogP contribution is -2.65. The third-order valence-corrected chi connectivity index (χ3v) is 19.9. The van der Waals surface area contributed by atoms with Crippen molar-refractivity contribution in [3.05, 3.63) is 0 Å². The first-order valence-corrected chi connectivity index (χ1v) is 23.8. The minimum absolute atomic E-state index is 0.0232. The number of ether oxygens (including phenoxy) is 13. The van der Waals surface area contributed by atoms with Crippen LogP contribution in [0, 0.1) is 44.8 Å². The average molecular weight is 881 g/mol. The van der Waals surface area contributed by atoms with Crippen LogP contribution in [0.5, 0.6) is 0 Å². The number of fused-ring (bicyclic) bond motifs is 2. The van der Waals surface area contributed by atoms with Crippen LogP contribution in [0.25, 0.3) is 0 Å². The van der Waals surface area contributed by atoms with E-state index in [1.54, 1.807) is 49.8 Å². The van der Waals surface area contributed by atoms with Crippen LogP contribution in [-0.4, -0.2) is 154 Å². The second-order valence-electron chi connectivity index (χ2n) is 22.7. The van der Waals surface area contributed by atoms with Gasteiger partial charge in [-0.2, -0.15) is 0 Å². The molecular formula is C49H84O13. The molecule has 5 aliphatic carbocycles. The number of methoxy groups -OCH3 is 8. The van der Waals surface area contributed by atoms with E-state index in [0.717, 1.165) is 44.9 Å². The smallest absolute Gasteiger partial charge is 0.187 e. The van der Waals surface area contributed by atoms with E-state index in [2.05, 4.69) is 48.5 Å². The second-order valence-corrected chi connectivity index (χ2v) is 22.7. The summed E-state index contributed by atoms with van der Waals surface area (Å²) in [5.41, 5.74) is -0.808. The highest BCUT2D eigenvalue weighted by Gasteiger charge is 2.85. The van der Waals surface area contributed by atoms with Gasteiger partial charge in [-0.05, 0) is 124 Å². The lowest BCUT2D eigenvalue weighted by atomic mass is 9.41. The van der Waals surface area contributed by atoms with Crippen molar-refractivity contribution in [1.82, 2.24) is 0 Å². The highest BCUT2D eigenvalue weighted by molar-refractivity contribution is 5.33. The molecule has 358 valence electrons. The molecule has 0 aromatic rings. The summed E-state index contributed by atoms with van der Waals surface area (Å²) in [5.74, 6) is 0.814. The molecule has 3 aliphatic heterocycles. The van der Waals surface area contributed by atoms with Crippen molar-refractivity contribution >= 4 is 0 Å². The Morgan fingerprint density at radius 3 is 1.84 bits per heavy atom. The molecule has 13 heteroatoms. The van der Waals surface area contributed by atoms with Gasteiger partial charge in [-0.3, -0.25) is 0 Å². The second kappa shape index (κ2) is 16.9. The van der Waals surface area contributed by atoms with Gasteiger partial charge in [0.05, 0.1) is 48.3 Å². The molecule has 0 bridgehead atoms. The van der Waals surface area contributed by atoms with Gasteiger partial charge in [-0.1, -0.05) is 27.7 Å². The standard InChI is InChI=1S/C49H84O13/c1-27-34(52-11)36(54-13)38(56-15)42(59-27)60-28-23-31-46(7)24-29(50-9)40(47(8)19-17-33(62-47)44(4,5)57-16)45(46,6)21-22-48(31)26-49(48)20-18-32(43(2,3)39(28)49)61-41-37(55-14)35(53-12)30(51-10)25-58-41/h27-42H,17-26H2,1-16H3/t27-,28-,29-,30+,31?,32-,33-,34-,35-,36+,37+,38+,39?,40?,41-,42-,45+,46-,47+,48-,49+/m0/s1. The van der Waals surface area contributed by atoms with E-state index in [4.69, 9.17) is 61.6 Å². The zero-order valence-corrected chi connectivity index (χ0v) is 41.1. The van der Waals surface area contributed by atoms with E-state index >= 15 is 0 Å². The van der Waals surface area contributed by atoms with Gasteiger partial charge in [-0.25, -0.2) is 0 Å². The highest BCUT2D eigenvalue weighted by Crippen LogP contribution is 2.89. The maximum Gasteiger partial charge on any atom is 0.187 e. The molecule has 0 aromatic heterocycles. The Morgan fingerprint density at radius 2 is 1.23 bits per heavy atom. The number of hydrogen-bond donors (Lipinski definition) is 0. The quantitative estimate of drug-likeness (QED) is 0.167. The normalized spacial score (nSPS) is 53.4. The molecule has 62 heavy (non-hydrogen) atoms. The molecule has 0 amide bonds. The van der Waals surface area contributed by atoms with Gasteiger partial charge in [0.25, 0.3) is 0 Å². The number of hydrogen-bond acceptors (Lipinski definition) is 13. The molecule has 8 rings (SSSR count). The molecule has 2 spiro atoms. The first-order chi connectivity index (χ1) is 29.3. The minimum Gasteiger partial charge on any atom is -0.381 e. The molecule has 3 saturated heterocycles. The molecule has 0 N–H and O–H groups in total. The third kappa shape index (κ3) is 6.84. The summed E-state index contributed by atoms with van der Waals surface area (Å²) in [4.78, 5) is 0. The molecule has 8 aliphatic rings. The molecule has 0 aromatic carbocycles. The van der Waals surface area contributed by atoms with Gasteiger partial charge in [0, 0.05) is 62.8 Å². The minimum atomic E-state index is -0.651. The highest BCUT2D eigenvalue weighted by atomic mass is 16.7. The van der Waals surface area contributed by atoms with Crippen LogP contribution in [0.4, 0.5) is 0 Å². The monoisotopic (exact) mass is 881 g/mol. The molecule has 3 unspecified atom stereocenters. The molecule has 13 nitrogen and oxygen atoms in total. The van der Waals surface area contributed by atoms with Crippen LogP contribution in [0.1, 0.15) is 113 Å². The van der Waals surface area contributed by atoms with Crippen molar-refractivity contribution in [3.63, 3.8) is 0 Å². The van der Waals surface area contributed by atoms with Gasteiger partial charge in [-0.15, -0.1) is 0 Å². The maximum absolute atomic E-state index is 7.61. The first kappa shape index (κ1) is 48.0. The van der Waals surface area contributed by atoms with E-state index < -0.39 is 24.8 Å². The van der Waals surface area contributed by atoms with Crippen LogP contribution in [0.2, 0.25) is 0 Å². The number of rotatable bonds is 14. The molecule has 0 radical (unpaired) electrons.